The van der Waals surface area contributed by atoms with Crippen molar-refractivity contribution in [3.63, 3.8) is 0 Å². The summed E-state index contributed by atoms with van der Waals surface area (Å²) in [7, 11) is 0. The van der Waals surface area contributed by atoms with Crippen LogP contribution in [0, 0.1) is 18.8 Å². The predicted molar refractivity (Wildman–Crippen MR) is 109 cm³/mol. The summed E-state index contributed by atoms with van der Waals surface area (Å²) in [6.07, 6.45) is 4.84. The lowest BCUT2D eigenvalue weighted by Crippen LogP contribution is -2.39. The highest BCUT2D eigenvalue weighted by Crippen LogP contribution is 2.25. The van der Waals surface area contributed by atoms with E-state index in [1.807, 2.05) is 31.3 Å². The van der Waals surface area contributed by atoms with Crippen LogP contribution in [0.2, 0.25) is 0 Å². The van der Waals surface area contributed by atoms with E-state index in [2.05, 4.69) is 44.3 Å². The Morgan fingerprint density at radius 1 is 1.27 bits per heavy atom. The van der Waals surface area contributed by atoms with E-state index >= 15 is 0 Å². The standard InChI is InChI=1S/C19H26N6S/c1-13-7-14(2)12-25(11-13)17-8-15(3)22-18(23-17)24-19(26)21-10-16-5-4-6-20-9-16/h4-6,8-9,13-14H,7,10-12H2,1-3H3,(H2,21,22,23,24,26)/t13-,14+. The lowest BCUT2D eigenvalue weighted by molar-refractivity contribution is 0.355. The summed E-state index contributed by atoms with van der Waals surface area (Å²) in [4.78, 5) is 15.6. The summed E-state index contributed by atoms with van der Waals surface area (Å²) in [5, 5.41) is 6.78. The van der Waals surface area contributed by atoms with Crippen LogP contribution in [0.15, 0.2) is 30.6 Å². The van der Waals surface area contributed by atoms with E-state index < -0.39 is 0 Å². The van der Waals surface area contributed by atoms with Crippen LogP contribution in [0.4, 0.5) is 11.8 Å². The van der Waals surface area contributed by atoms with Gasteiger partial charge in [0.05, 0.1) is 0 Å². The van der Waals surface area contributed by atoms with Gasteiger partial charge in [0.2, 0.25) is 5.95 Å². The van der Waals surface area contributed by atoms with Crippen LogP contribution in [0.5, 0.6) is 0 Å². The normalized spacial score (nSPS) is 19.9. The van der Waals surface area contributed by atoms with Gasteiger partial charge < -0.3 is 15.5 Å². The highest BCUT2D eigenvalue weighted by molar-refractivity contribution is 7.80. The Bertz CT molecular complexity index is 741. The summed E-state index contributed by atoms with van der Waals surface area (Å²) >= 11 is 5.38. The molecule has 0 unspecified atom stereocenters. The van der Waals surface area contributed by atoms with Gasteiger partial charge in [0.25, 0.3) is 0 Å². The van der Waals surface area contributed by atoms with Crippen LogP contribution in [-0.2, 0) is 6.54 Å². The molecule has 0 radical (unpaired) electrons. The maximum absolute atomic E-state index is 5.38. The van der Waals surface area contributed by atoms with Gasteiger partial charge in [0, 0.05) is 43.8 Å². The number of hydrogen-bond donors (Lipinski definition) is 2. The van der Waals surface area contributed by atoms with Crippen molar-refractivity contribution < 1.29 is 0 Å². The van der Waals surface area contributed by atoms with Gasteiger partial charge in [-0.3, -0.25) is 4.98 Å². The first-order valence-corrected chi connectivity index (χ1v) is 9.45. The van der Waals surface area contributed by atoms with E-state index in [0.29, 0.717) is 29.4 Å². The Balaban J connectivity index is 1.64. The first kappa shape index (κ1) is 18.5. The number of hydrogen-bond acceptors (Lipinski definition) is 5. The maximum Gasteiger partial charge on any atom is 0.231 e. The van der Waals surface area contributed by atoms with E-state index in [1.165, 1.54) is 6.42 Å². The molecule has 2 aromatic heterocycles. The molecule has 0 aliphatic carbocycles. The van der Waals surface area contributed by atoms with Gasteiger partial charge in [0.15, 0.2) is 5.11 Å². The number of piperidine rings is 1. The zero-order valence-corrected chi connectivity index (χ0v) is 16.4. The molecule has 0 bridgehead atoms. The molecule has 1 saturated heterocycles. The number of aromatic nitrogens is 3. The average molecular weight is 371 g/mol. The molecule has 0 saturated carbocycles. The van der Waals surface area contributed by atoms with Crippen molar-refractivity contribution >= 4 is 29.1 Å². The molecule has 3 heterocycles. The van der Waals surface area contributed by atoms with Crippen molar-refractivity contribution in [3.8, 4) is 0 Å². The predicted octanol–water partition coefficient (Wildman–Crippen LogP) is 3.15. The molecule has 26 heavy (non-hydrogen) atoms. The van der Waals surface area contributed by atoms with Gasteiger partial charge in [-0.2, -0.15) is 4.98 Å². The molecule has 0 spiro atoms. The molecule has 1 aliphatic rings. The first-order chi connectivity index (χ1) is 12.5. The van der Waals surface area contributed by atoms with E-state index in [1.54, 1.807) is 6.20 Å². The van der Waals surface area contributed by atoms with Gasteiger partial charge in [-0.1, -0.05) is 19.9 Å². The Kier molecular flexibility index (Phi) is 5.98. The second kappa shape index (κ2) is 8.40. The number of aryl methyl sites for hydroxylation is 1. The molecule has 3 rings (SSSR count). The van der Waals surface area contributed by atoms with Crippen LogP contribution < -0.4 is 15.5 Å². The number of nitrogens with zero attached hydrogens (tertiary/aromatic N) is 4. The van der Waals surface area contributed by atoms with Crippen LogP contribution in [0.1, 0.15) is 31.5 Å². The van der Waals surface area contributed by atoms with Gasteiger partial charge in [0.1, 0.15) is 5.82 Å². The second-order valence-corrected chi connectivity index (χ2v) is 7.62. The quantitative estimate of drug-likeness (QED) is 0.802. The van der Waals surface area contributed by atoms with Crippen LogP contribution in [-0.4, -0.2) is 33.2 Å². The number of pyridine rings is 1. The molecule has 1 aliphatic heterocycles. The average Bonchev–Trinajstić information content (AvgIpc) is 2.59. The first-order valence-electron chi connectivity index (χ1n) is 9.04. The van der Waals surface area contributed by atoms with E-state index in [0.717, 1.165) is 30.2 Å². The number of anilines is 2. The fourth-order valence-corrected chi connectivity index (χ4v) is 3.61. The van der Waals surface area contributed by atoms with Gasteiger partial charge in [-0.15, -0.1) is 0 Å². The van der Waals surface area contributed by atoms with Crippen molar-refractivity contribution in [2.45, 2.75) is 33.7 Å². The summed E-state index contributed by atoms with van der Waals surface area (Å²) in [6, 6.07) is 5.95. The Morgan fingerprint density at radius 2 is 2.04 bits per heavy atom. The summed E-state index contributed by atoms with van der Waals surface area (Å²) in [5.74, 6) is 2.85. The highest BCUT2D eigenvalue weighted by atomic mass is 32.1. The Labute approximate surface area is 160 Å². The molecular weight excluding hydrogens is 344 g/mol. The molecule has 6 nitrogen and oxygen atoms in total. The maximum atomic E-state index is 5.38. The number of thiocarbonyl (C=S) groups is 1. The minimum Gasteiger partial charge on any atom is -0.358 e. The lowest BCUT2D eigenvalue weighted by Gasteiger charge is -2.36. The zero-order chi connectivity index (χ0) is 18.5. The summed E-state index contributed by atoms with van der Waals surface area (Å²) in [5.41, 5.74) is 2.00. The molecule has 0 aromatic carbocycles. The minimum atomic E-state index is 0.505. The second-order valence-electron chi connectivity index (χ2n) is 7.21. The third-order valence-electron chi connectivity index (χ3n) is 4.43. The third-order valence-corrected chi connectivity index (χ3v) is 4.68. The van der Waals surface area contributed by atoms with Crippen LogP contribution in [0.3, 0.4) is 0 Å². The summed E-state index contributed by atoms with van der Waals surface area (Å²) < 4.78 is 0. The molecule has 2 atom stereocenters. The Hall–Kier alpha value is -2.28. The molecule has 2 aromatic rings. The van der Waals surface area contributed by atoms with Crippen molar-refractivity contribution in [2.24, 2.45) is 11.8 Å². The van der Waals surface area contributed by atoms with Gasteiger partial charge in [-0.05, 0) is 49.0 Å². The van der Waals surface area contributed by atoms with E-state index in [-0.39, 0.29) is 0 Å². The molecular formula is C19H26N6S. The van der Waals surface area contributed by atoms with Gasteiger partial charge in [-0.25, -0.2) is 4.98 Å². The molecule has 0 amide bonds. The highest BCUT2D eigenvalue weighted by Gasteiger charge is 2.23. The van der Waals surface area contributed by atoms with Crippen LogP contribution in [0.25, 0.3) is 0 Å². The monoisotopic (exact) mass is 370 g/mol. The minimum absolute atomic E-state index is 0.505. The number of nitrogens with one attached hydrogen (secondary N) is 2. The summed E-state index contributed by atoms with van der Waals surface area (Å²) in [6.45, 7) is 9.26. The molecule has 2 N–H and O–H groups in total. The molecule has 1 fully saturated rings. The molecule has 138 valence electrons. The third kappa shape index (κ3) is 5.11. The zero-order valence-electron chi connectivity index (χ0n) is 15.6. The SMILES string of the molecule is Cc1cc(N2C[C@H](C)C[C@H](C)C2)nc(NC(=S)NCc2cccnc2)n1. The van der Waals surface area contributed by atoms with E-state index in [9.17, 15) is 0 Å². The fraction of sp³-hybridized carbons (Fsp3) is 0.474. The van der Waals surface area contributed by atoms with Crippen molar-refractivity contribution in [3.05, 3.63) is 41.9 Å². The molecule has 7 heteroatoms. The van der Waals surface area contributed by atoms with Crippen molar-refractivity contribution in [1.82, 2.24) is 20.3 Å². The largest absolute Gasteiger partial charge is 0.358 e. The van der Waals surface area contributed by atoms with Crippen molar-refractivity contribution in [2.75, 3.05) is 23.3 Å². The topological polar surface area (TPSA) is 66.0 Å². The smallest absolute Gasteiger partial charge is 0.231 e. The fourth-order valence-electron chi connectivity index (χ4n) is 3.45. The number of rotatable bonds is 4. The van der Waals surface area contributed by atoms with Crippen LogP contribution >= 0.6 is 12.2 Å². The van der Waals surface area contributed by atoms with Gasteiger partial charge >= 0.3 is 0 Å². The van der Waals surface area contributed by atoms with Crippen molar-refractivity contribution in [1.29, 1.82) is 0 Å². The lowest BCUT2D eigenvalue weighted by atomic mass is 9.92. The Morgan fingerprint density at radius 3 is 2.73 bits per heavy atom. The van der Waals surface area contributed by atoms with E-state index in [4.69, 9.17) is 12.2 Å².